The lowest BCUT2D eigenvalue weighted by Gasteiger charge is -2.15. The molecule has 1 nitrogen and oxygen atoms in total. The van der Waals surface area contributed by atoms with Gasteiger partial charge in [0.25, 0.3) is 0 Å². The maximum absolute atomic E-state index is 13.1. The van der Waals surface area contributed by atoms with E-state index in [9.17, 15) is 4.39 Å². The summed E-state index contributed by atoms with van der Waals surface area (Å²) < 4.78 is 18.8. The SMILES string of the molecule is CC(C)CCOCCC(CBr)c1cccc(F)c1. The lowest BCUT2D eigenvalue weighted by atomic mass is 9.98. The van der Waals surface area contributed by atoms with Gasteiger partial charge in [0.2, 0.25) is 0 Å². The molecule has 1 rings (SSSR count). The fourth-order valence-corrected chi connectivity index (χ4v) is 2.44. The minimum Gasteiger partial charge on any atom is -0.381 e. The van der Waals surface area contributed by atoms with Gasteiger partial charge >= 0.3 is 0 Å². The number of alkyl halides is 1. The van der Waals surface area contributed by atoms with Crippen molar-refractivity contribution in [1.82, 2.24) is 0 Å². The second-order valence-corrected chi connectivity index (χ2v) is 5.64. The molecule has 0 aromatic heterocycles. The van der Waals surface area contributed by atoms with Crippen LogP contribution >= 0.6 is 15.9 Å². The summed E-state index contributed by atoms with van der Waals surface area (Å²) >= 11 is 3.49. The number of halogens is 2. The summed E-state index contributed by atoms with van der Waals surface area (Å²) in [6.07, 6.45) is 2.02. The number of benzene rings is 1. The summed E-state index contributed by atoms with van der Waals surface area (Å²) in [6, 6.07) is 6.83. The van der Waals surface area contributed by atoms with Crippen LogP contribution in [-0.2, 0) is 4.74 Å². The Hall–Kier alpha value is -0.410. The molecular formula is C15H22BrFO. The van der Waals surface area contributed by atoms with Gasteiger partial charge in [-0.15, -0.1) is 0 Å². The molecule has 1 aromatic carbocycles. The Morgan fingerprint density at radius 3 is 2.56 bits per heavy atom. The number of hydrogen-bond acceptors (Lipinski definition) is 1. The first kappa shape index (κ1) is 15.6. The Morgan fingerprint density at radius 2 is 1.94 bits per heavy atom. The molecule has 0 heterocycles. The molecule has 1 atom stereocenters. The highest BCUT2D eigenvalue weighted by atomic mass is 79.9. The predicted octanol–water partition coefficient (Wildman–Crippen LogP) is 4.76. The van der Waals surface area contributed by atoms with Gasteiger partial charge in [-0.3, -0.25) is 0 Å². The molecular weight excluding hydrogens is 295 g/mol. The first-order valence-electron chi connectivity index (χ1n) is 6.52. The second-order valence-electron chi connectivity index (χ2n) is 4.99. The van der Waals surface area contributed by atoms with Crippen molar-refractivity contribution in [2.24, 2.45) is 5.92 Å². The van der Waals surface area contributed by atoms with E-state index in [0.717, 1.165) is 36.9 Å². The molecule has 3 heteroatoms. The monoisotopic (exact) mass is 316 g/mol. The molecule has 0 spiro atoms. The second kappa shape index (κ2) is 8.65. The summed E-state index contributed by atoms with van der Waals surface area (Å²) in [7, 11) is 0. The number of rotatable bonds is 8. The van der Waals surface area contributed by atoms with E-state index in [4.69, 9.17) is 4.74 Å². The molecule has 1 aromatic rings. The van der Waals surface area contributed by atoms with Gasteiger partial charge in [-0.2, -0.15) is 0 Å². The van der Waals surface area contributed by atoms with Gasteiger partial charge in [-0.25, -0.2) is 4.39 Å². The summed E-state index contributed by atoms with van der Waals surface area (Å²) in [6.45, 7) is 5.93. The highest BCUT2D eigenvalue weighted by molar-refractivity contribution is 9.09. The Kier molecular flexibility index (Phi) is 7.52. The molecule has 0 bridgehead atoms. The molecule has 0 radical (unpaired) electrons. The van der Waals surface area contributed by atoms with Crippen LogP contribution in [0.1, 0.15) is 38.2 Å². The van der Waals surface area contributed by atoms with Gasteiger partial charge in [0.05, 0.1) is 0 Å². The molecule has 18 heavy (non-hydrogen) atoms. The molecule has 102 valence electrons. The smallest absolute Gasteiger partial charge is 0.123 e. The van der Waals surface area contributed by atoms with Crippen molar-refractivity contribution in [2.45, 2.75) is 32.6 Å². The van der Waals surface area contributed by atoms with Crippen LogP contribution in [0.5, 0.6) is 0 Å². The van der Waals surface area contributed by atoms with Crippen molar-refractivity contribution in [3.8, 4) is 0 Å². The van der Waals surface area contributed by atoms with E-state index in [0.29, 0.717) is 11.8 Å². The van der Waals surface area contributed by atoms with Gasteiger partial charge in [-0.05, 0) is 42.4 Å². The third-order valence-electron chi connectivity index (χ3n) is 2.96. The lowest BCUT2D eigenvalue weighted by molar-refractivity contribution is 0.118. The Morgan fingerprint density at radius 1 is 1.22 bits per heavy atom. The zero-order chi connectivity index (χ0) is 13.4. The van der Waals surface area contributed by atoms with Crippen LogP contribution in [0.4, 0.5) is 4.39 Å². The van der Waals surface area contributed by atoms with Gasteiger partial charge in [0.15, 0.2) is 0 Å². The fourth-order valence-electron chi connectivity index (χ4n) is 1.74. The molecule has 0 saturated heterocycles. The number of hydrogen-bond donors (Lipinski definition) is 0. The summed E-state index contributed by atoms with van der Waals surface area (Å²) in [4.78, 5) is 0. The number of ether oxygens (including phenoxy) is 1. The van der Waals surface area contributed by atoms with E-state index in [1.54, 1.807) is 12.1 Å². The molecule has 0 amide bonds. The Balaban J connectivity index is 2.34. The highest BCUT2D eigenvalue weighted by Crippen LogP contribution is 2.22. The van der Waals surface area contributed by atoms with E-state index in [-0.39, 0.29) is 5.82 Å². The quantitative estimate of drug-likeness (QED) is 0.496. The summed E-state index contributed by atoms with van der Waals surface area (Å²) in [5, 5.41) is 0.837. The average Bonchev–Trinajstić information content (AvgIpc) is 2.33. The van der Waals surface area contributed by atoms with Crippen molar-refractivity contribution >= 4 is 15.9 Å². The molecule has 0 N–H and O–H groups in total. The largest absolute Gasteiger partial charge is 0.381 e. The fraction of sp³-hybridized carbons (Fsp3) is 0.600. The van der Waals surface area contributed by atoms with Crippen molar-refractivity contribution in [2.75, 3.05) is 18.5 Å². The minimum atomic E-state index is -0.167. The lowest BCUT2D eigenvalue weighted by Crippen LogP contribution is -2.07. The molecule has 0 aliphatic heterocycles. The summed E-state index contributed by atoms with van der Waals surface area (Å²) in [5.41, 5.74) is 1.04. The highest BCUT2D eigenvalue weighted by Gasteiger charge is 2.10. The van der Waals surface area contributed by atoms with Crippen LogP contribution < -0.4 is 0 Å². The van der Waals surface area contributed by atoms with E-state index < -0.39 is 0 Å². The molecule has 0 aliphatic rings. The van der Waals surface area contributed by atoms with Gasteiger partial charge < -0.3 is 4.74 Å². The first-order valence-corrected chi connectivity index (χ1v) is 7.64. The molecule has 0 aliphatic carbocycles. The van der Waals surface area contributed by atoms with Crippen LogP contribution in [0.25, 0.3) is 0 Å². The predicted molar refractivity (Wildman–Crippen MR) is 77.8 cm³/mol. The maximum atomic E-state index is 13.1. The van der Waals surface area contributed by atoms with Gasteiger partial charge in [0.1, 0.15) is 5.82 Å². The standard InChI is InChI=1S/C15H22BrFO/c1-12(2)6-8-18-9-7-14(11-16)13-4-3-5-15(17)10-13/h3-5,10,12,14H,6-9,11H2,1-2H3. The topological polar surface area (TPSA) is 9.23 Å². The normalized spacial score (nSPS) is 12.9. The van der Waals surface area contributed by atoms with Crippen LogP contribution in [-0.4, -0.2) is 18.5 Å². The minimum absolute atomic E-state index is 0.167. The summed E-state index contributed by atoms with van der Waals surface area (Å²) in [5.74, 6) is 0.833. The van der Waals surface area contributed by atoms with Crippen molar-refractivity contribution in [3.63, 3.8) is 0 Å². The molecule has 1 unspecified atom stereocenters. The molecule has 0 saturated carbocycles. The molecule has 0 fully saturated rings. The average molecular weight is 317 g/mol. The Labute approximate surface area is 118 Å². The third kappa shape index (κ3) is 5.96. The van der Waals surface area contributed by atoms with Crippen LogP contribution in [0.3, 0.4) is 0 Å². The van der Waals surface area contributed by atoms with Crippen molar-refractivity contribution in [1.29, 1.82) is 0 Å². The maximum Gasteiger partial charge on any atom is 0.123 e. The first-order chi connectivity index (χ1) is 8.63. The van der Waals surface area contributed by atoms with Gasteiger partial charge in [-0.1, -0.05) is 41.9 Å². The Bertz CT molecular complexity index is 341. The zero-order valence-corrected chi connectivity index (χ0v) is 12.7. The van der Waals surface area contributed by atoms with E-state index in [1.807, 2.05) is 6.07 Å². The zero-order valence-electron chi connectivity index (χ0n) is 11.2. The van der Waals surface area contributed by atoms with Crippen molar-refractivity contribution < 1.29 is 9.13 Å². The van der Waals surface area contributed by atoms with Crippen molar-refractivity contribution in [3.05, 3.63) is 35.6 Å². The van der Waals surface area contributed by atoms with Gasteiger partial charge in [0, 0.05) is 18.5 Å². The third-order valence-corrected chi connectivity index (χ3v) is 3.74. The van der Waals surface area contributed by atoms with E-state index in [1.165, 1.54) is 6.07 Å². The van der Waals surface area contributed by atoms with Crippen LogP contribution in [0, 0.1) is 11.7 Å². The van der Waals surface area contributed by atoms with Crippen LogP contribution in [0.15, 0.2) is 24.3 Å². The van der Waals surface area contributed by atoms with E-state index in [2.05, 4.69) is 29.8 Å². The van der Waals surface area contributed by atoms with E-state index >= 15 is 0 Å². The van der Waals surface area contributed by atoms with Crippen LogP contribution in [0.2, 0.25) is 0 Å².